The number of nitrogens with one attached hydrogen (secondary N) is 1. The SMILES string of the molecule is CCc1ccc(S(=O)(=O)NCC(=O)N2CCCCCC2)s1. The van der Waals surface area contributed by atoms with E-state index in [9.17, 15) is 13.2 Å². The van der Waals surface area contributed by atoms with Crippen molar-refractivity contribution in [2.45, 2.75) is 43.2 Å². The minimum atomic E-state index is -3.57. The Labute approximate surface area is 130 Å². The quantitative estimate of drug-likeness (QED) is 0.898. The van der Waals surface area contributed by atoms with Gasteiger partial charge >= 0.3 is 0 Å². The Hall–Kier alpha value is -0.920. The third kappa shape index (κ3) is 4.52. The maximum Gasteiger partial charge on any atom is 0.250 e. The number of sulfonamides is 1. The van der Waals surface area contributed by atoms with Crippen LogP contribution in [0.2, 0.25) is 0 Å². The number of amides is 1. The van der Waals surface area contributed by atoms with Crippen molar-refractivity contribution in [2.24, 2.45) is 0 Å². The number of rotatable bonds is 5. The van der Waals surface area contributed by atoms with Crippen LogP contribution in [0.4, 0.5) is 0 Å². The van der Waals surface area contributed by atoms with Gasteiger partial charge in [0.15, 0.2) is 0 Å². The molecular weight excluding hydrogens is 308 g/mol. The average molecular weight is 330 g/mol. The normalized spacial score (nSPS) is 16.7. The highest BCUT2D eigenvalue weighted by Crippen LogP contribution is 2.21. The van der Waals surface area contributed by atoms with E-state index in [0.29, 0.717) is 0 Å². The smallest absolute Gasteiger partial charge is 0.250 e. The van der Waals surface area contributed by atoms with Crippen molar-refractivity contribution in [1.29, 1.82) is 0 Å². The second kappa shape index (κ2) is 7.38. The van der Waals surface area contributed by atoms with Crippen molar-refractivity contribution in [1.82, 2.24) is 9.62 Å². The van der Waals surface area contributed by atoms with Gasteiger partial charge in [0.2, 0.25) is 5.91 Å². The summed E-state index contributed by atoms with van der Waals surface area (Å²) in [5.41, 5.74) is 0. The molecule has 0 atom stereocenters. The third-order valence-electron chi connectivity index (χ3n) is 3.62. The molecule has 1 amide bonds. The molecule has 1 aromatic rings. The molecule has 2 rings (SSSR count). The summed E-state index contributed by atoms with van der Waals surface area (Å²) in [6, 6.07) is 3.41. The largest absolute Gasteiger partial charge is 0.342 e. The summed E-state index contributed by atoms with van der Waals surface area (Å²) < 4.78 is 27.0. The fraction of sp³-hybridized carbons (Fsp3) is 0.643. The predicted molar refractivity (Wildman–Crippen MR) is 83.9 cm³/mol. The average Bonchev–Trinajstić information content (AvgIpc) is 2.81. The topological polar surface area (TPSA) is 66.5 Å². The van der Waals surface area contributed by atoms with Gasteiger partial charge in [-0.05, 0) is 31.4 Å². The number of hydrogen-bond donors (Lipinski definition) is 1. The van der Waals surface area contributed by atoms with Crippen LogP contribution in [0.3, 0.4) is 0 Å². The van der Waals surface area contributed by atoms with Gasteiger partial charge in [-0.15, -0.1) is 11.3 Å². The minimum absolute atomic E-state index is 0.132. The van der Waals surface area contributed by atoms with E-state index in [1.807, 2.05) is 13.0 Å². The molecule has 21 heavy (non-hydrogen) atoms. The molecule has 1 fully saturated rings. The zero-order valence-electron chi connectivity index (χ0n) is 12.3. The molecule has 7 heteroatoms. The van der Waals surface area contributed by atoms with Crippen LogP contribution in [0.5, 0.6) is 0 Å². The zero-order valence-corrected chi connectivity index (χ0v) is 13.9. The highest BCUT2D eigenvalue weighted by molar-refractivity contribution is 7.91. The predicted octanol–water partition coefficient (Wildman–Crippen LogP) is 1.99. The lowest BCUT2D eigenvalue weighted by molar-refractivity contribution is -0.129. The molecule has 0 unspecified atom stereocenters. The van der Waals surface area contributed by atoms with Crippen molar-refractivity contribution in [3.8, 4) is 0 Å². The summed E-state index contributed by atoms with van der Waals surface area (Å²) in [6.07, 6.45) is 5.11. The van der Waals surface area contributed by atoms with Crippen LogP contribution in [-0.2, 0) is 21.2 Å². The Bertz CT molecular complexity index is 573. The highest BCUT2D eigenvalue weighted by Gasteiger charge is 2.20. The van der Waals surface area contributed by atoms with Crippen molar-refractivity contribution in [3.63, 3.8) is 0 Å². The number of aryl methyl sites for hydroxylation is 1. The standard InChI is InChI=1S/C14H22N2O3S2/c1-2-12-7-8-14(20-12)21(18,19)15-11-13(17)16-9-5-3-4-6-10-16/h7-8,15H,2-6,9-11H2,1H3. The molecule has 0 aliphatic carbocycles. The van der Waals surface area contributed by atoms with E-state index in [1.165, 1.54) is 11.3 Å². The van der Waals surface area contributed by atoms with Gasteiger partial charge in [0.1, 0.15) is 4.21 Å². The summed E-state index contributed by atoms with van der Waals surface area (Å²) in [7, 11) is -3.57. The molecule has 1 aliphatic rings. The zero-order chi connectivity index (χ0) is 15.3. The van der Waals surface area contributed by atoms with Crippen molar-refractivity contribution in [3.05, 3.63) is 17.0 Å². The monoisotopic (exact) mass is 330 g/mol. The van der Waals surface area contributed by atoms with E-state index in [1.54, 1.807) is 11.0 Å². The summed E-state index contributed by atoms with van der Waals surface area (Å²) >= 11 is 1.26. The van der Waals surface area contributed by atoms with Crippen LogP contribution in [0.15, 0.2) is 16.3 Å². The molecular formula is C14H22N2O3S2. The first-order valence-electron chi connectivity index (χ1n) is 7.39. The van der Waals surface area contributed by atoms with Crippen LogP contribution in [0.25, 0.3) is 0 Å². The van der Waals surface area contributed by atoms with Crippen LogP contribution in [0.1, 0.15) is 37.5 Å². The van der Waals surface area contributed by atoms with Gasteiger partial charge in [0.25, 0.3) is 10.0 Å². The Morgan fingerprint density at radius 1 is 1.24 bits per heavy atom. The molecule has 0 spiro atoms. The van der Waals surface area contributed by atoms with Gasteiger partial charge in [-0.3, -0.25) is 4.79 Å². The minimum Gasteiger partial charge on any atom is -0.342 e. The molecule has 0 aromatic carbocycles. The second-order valence-electron chi connectivity index (χ2n) is 5.19. The van der Waals surface area contributed by atoms with Crippen molar-refractivity contribution >= 4 is 27.3 Å². The van der Waals surface area contributed by atoms with Gasteiger partial charge < -0.3 is 4.90 Å². The lowest BCUT2D eigenvalue weighted by atomic mass is 10.2. The maximum atomic E-state index is 12.1. The number of likely N-dealkylation sites (tertiary alicyclic amines) is 1. The highest BCUT2D eigenvalue weighted by atomic mass is 32.2. The Kier molecular flexibility index (Phi) is 5.78. The van der Waals surface area contributed by atoms with Crippen LogP contribution >= 0.6 is 11.3 Å². The number of nitrogens with zero attached hydrogens (tertiary/aromatic N) is 1. The molecule has 0 saturated carbocycles. The summed E-state index contributed by atoms with van der Waals surface area (Å²) in [4.78, 5) is 14.9. The summed E-state index contributed by atoms with van der Waals surface area (Å²) in [6.45, 7) is 3.30. The van der Waals surface area contributed by atoms with E-state index in [-0.39, 0.29) is 16.7 Å². The van der Waals surface area contributed by atoms with Gasteiger partial charge in [-0.25, -0.2) is 13.1 Å². The molecule has 0 radical (unpaired) electrons. The van der Waals surface area contributed by atoms with E-state index in [0.717, 1.165) is 50.1 Å². The van der Waals surface area contributed by atoms with E-state index < -0.39 is 10.0 Å². The third-order valence-corrected chi connectivity index (χ3v) is 6.75. The summed E-state index contributed by atoms with van der Waals surface area (Å²) in [5, 5.41) is 0. The Morgan fingerprint density at radius 3 is 2.48 bits per heavy atom. The number of carbonyl (C=O) groups is 1. The maximum absolute atomic E-state index is 12.1. The van der Waals surface area contributed by atoms with E-state index >= 15 is 0 Å². The van der Waals surface area contributed by atoms with Crippen molar-refractivity contribution < 1.29 is 13.2 Å². The van der Waals surface area contributed by atoms with Crippen LogP contribution in [-0.4, -0.2) is 38.9 Å². The fourth-order valence-corrected chi connectivity index (χ4v) is 4.67. The first-order valence-corrected chi connectivity index (χ1v) is 9.69. The van der Waals surface area contributed by atoms with Gasteiger partial charge in [0.05, 0.1) is 6.54 Å². The Balaban J connectivity index is 1.92. The van der Waals surface area contributed by atoms with E-state index in [2.05, 4.69) is 4.72 Å². The fourth-order valence-electron chi connectivity index (χ4n) is 2.35. The molecule has 1 saturated heterocycles. The first kappa shape index (κ1) is 16.5. The molecule has 1 N–H and O–H groups in total. The molecule has 1 aromatic heterocycles. The van der Waals surface area contributed by atoms with Crippen LogP contribution < -0.4 is 4.72 Å². The number of hydrogen-bond acceptors (Lipinski definition) is 4. The summed E-state index contributed by atoms with van der Waals surface area (Å²) in [5.74, 6) is -0.132. The molecule has 1 aliphatic heterocycles. The molecule has 0 bridgehead atoms. The lowest BCUT2D eigenvalue weighted by Gasteiger charge is -2.20. The lowest BCUT2D eigenvalue weighted by Crippen LogP contribution is -2.40. The first-order chi connectivity index (χ1) is 10.0. The van der Waals surface area contributed by atoms with Crippen LogP contribution in [0, 0.1) is 0 Å². The molecule has 2 heterocycles. The van der Waals surface area contributed by atoms with Gasteiger partial charge in [0, 0.05) is 18.0 Å². The number of thiophene rings is 1. The number of carbonyl (C=O) groups excluding carboxylic acids is 1. The molecule has 5 nitrogen and oxygen atoms in total. The van der Waals surface area contributed by atoms with Crippen molar-refractivity contribution in [2.75, 3.05) is 19.6 Å². The Morgan fingerprint density at radius 2 is 1.90 bits per heavy atom. The van der Waals surface area contributed by atoms with Gasteiger partial charge in [-0.1, -0.05) is 19.8 Å². The second-order valence-corrected chi connectivity index (χ2v) is 8.36. The van der Waals surface area contributed by atoms with Gasteiger partial charge in [-0.2, -0.15) is 0 Å². The molecule has 118 valence electrons. The van der Waals surface area contributed by atoms with E-state index in [4.69, 9.17) is 0 Å².